The first-order valence-corrected chi connectivity index (χ1v) is 10.8. The number of nitrogens with zero attached hydrogens (tertiary/aromatic N) is 1. The SMILES string of the molecule is CCCOc1cccc([C@H]2C(=C(O)c3ccccc3)C(=O)C(=O)N2CCC[NH+](C)C)c1. The maximum atomic E-state index is 13.0. The summed E-state index contributed by atoms with van der Waals surface area (Å²) >= 11 is 0. The summed E-state index contributed by atoms with van der Waals surface area (Å²) in [7, 11) is 4.10. The van der Waals surface area contributed by atoms with E-state index in [1.165, 1.54) is 4.90 Å². The molecule has 2 aromatic carbocycles. The predicted molar refractivity (Wildman–Crippen MR) is 120 cm³/mol. The van der Waals surface area contributed by atoms with Gasteiger partial charge in [0, 0.05) is 18.5 Å². The molecule has 1 heterocycles. The van der Waals surface area contributed by atoms with E-state index in [-0.39, 0.29) is 11.3 Å². The molecule has 0 saturated carbocycles. The lowest BCUT2D eigenvalue weighted by Crippen LogP contribution is -3.05. The normalized spacial score (nSPS) is 18.1. The Balaban J connectivity index is 2.06. The van der Waals surface area contributed by atoms with E-state index in [0.717, 1.165) is 24.9 Å². The van der Waals surface area contributed by atoms with Crippen LogP contribution in [0.15, 0.2) is 60.2 Å². The van der Waals surface area contributed by atoms with Crippen LogP contribution >= 0.6 is 0 Å². The first-order chi connectivity index (χ1) is 14.9. The van der Waals surface area contributed by atoms with Crippen molar-refractivity contribution in [2.45, 2.75) is 25.8 Å². The van der Waals surface area contributed by atoms with Crippen molar-refractivity contribution < 1.29 is 24.3 Å². The van der Waals surface area contributed by atoms with E-state index in [1.807, 2.05) is 37.3 Å². The smallest absolute Gasteiger partial charge is 0.295 e. The summed E-state index contributed by atoms with van der Waals surface area (Å²) in [6.07, 6.45) is 1.63. The second-order valence-corrected chi connectivity index (χ2v) is 8.09. The summed E-state index contributed by atoms with van der Waals surface area (Å²) in [5.41, 5.74) is 1.39. The minimum atomic E-state index is -0.650. The molecule has 0 bridgehead atoms. The minimum absolute atomic E-state index is 0.126. The van der Waals surface area contributed by atoms with Crippen LogP contribution < -0.4 is 9.64 Å². The number of rotatable bonds is 9. The zero-order valence-corrected chi connectivity index (χ0v) is 18.4. The molecule has 6 nitrogen and oxygen atoms in total. The summed E-state index contributed by atoms with van der Waals surface area (Å²) < 4.78 is 5.77. The number of ether oxygens (including phenoxy) is 1. The summed E-state index contributed by atoms with van der Waals surface area (Å²) in [5, 5.41) is 11.0. The van der Waals surface area contributed by atoms with E-state index in [2.05, 4.69) is 14.1 Å². The number of amides is 1. The maximum absolute atomic E-state index is 13.0. The molecule has 1 fully saturated rings. The Hall–Kier alpha value is -3.12. The van der Waals surface area contributed by atoms with Crippen LogP contribution in [0.2, 0.25) is 0 Å². The van der Waals surface area contributed by atoms with Crippen molar-refractivity contribution in [3.05, 3.63) is 71.3 Å². The fourth-order valence-corrected chi connectivity index (χ4v) is 3.81. The standard InChI is InChI=1S/C25H30N2O4/c1-4-16-31-20-13-8-12-19(17-20)22-21(23(28)18-10-6-5-7-11-18)24(29)25(30)27(22)15-9-14-26(2)3/h5-8,10-13,17,22,28H,4,9,14-16H2,1-3H3/p+1/t22-/m0/s1. The molecule has 0 aliphatic carbocycles. The van der Waals surface area contributed by atoms with Gasteiger partial charge in [-0.05, 0) is 24.1 Å². The van der Waals surface area contributed by atoms with Gasteiger partial charge in [0.05, 0.1) is 38.9 Å². The molecular weight excluding hydrogens is 392 g/mol. The van der Waals surface area contributed by atoms with Crippen LogP contribution in [0.3, 0.4) is 0 Å². The van der Waals surface area contributed by atoms with Gasteiger partial charge in [-0.3, -0.25) is 9.59 Å². The number of ketones is 1. The number of hydrogen-bond acceptors (Lipinski definition) is 4. The quantitative estimate of drug-likeness (QED) is 0.369. The monoisotopic (exact) mass is 423 g/mol. The topological polar surface area (TPSA) is 71.3 Å². The first-order valence-electron chi connectivity index (χ1n) is 10.8. The Kier molecular flexibility index (Phi) is 7.47. The first kappa shape index (κ1) is 22.6. The third kappa shape index (κ3) is 5.14. The van der Waals surface area contributed by atoms with Crippen molar-refractivity contribution in [3.63, 3.8) is 0 Å². The number of quaternary nitrogens is 1. The highest BCUT2D eigenvalue weighted by Crippen LogP contribution is 2.40. The number of hydrogen-bond donors (Lipinski definition) is 2. The van der Waals surface area contributed by atoms with Gasteiger partial charge in [0.25, 0.3) is 11.7 Å². The van der Waals surface area contributed by atoms with Gasteiger partial charge in [-0.15, -0.1) is 0 Å². The molecular formula is C25H31N2O4+. The Morgan fingerprint density at radius 3 is 2.52 bits per heavy atom. The fourth-order valence-electron chi connectivity index (χ4n) is 3.81. The molecule has 0 aromatic heterocycles. The van der Waals surface area contributed by atoms with E-state index in [4.69, 9.17) is 4.74 Å². The van der Waals surface area contributed by atoms with Gasteiger partial charge >= 0.3 is 0 Å². The number of Topliss-reactive ketones (excluding diaryl/α,β-unsaturated/α-hetero) is 1. The molecule has 164 valence electrons. The molecule has 31 heavy (non-hydrogen) atoms. The molecule has 1 saturated heterocycles. The molecule has 1 aliphatic rings. The predicted octanol–water partition coefficient (Wildman–Crippen LogP) is 2.43. The van der Waals surface area contributed by atoms with E-state index >= 15 is 0 Å². The van der Waals surface area contributed by atoms with Crippen molar-refractivity contribution in [1.82, 2.24) is 4.90 Å². The zero-order valence-electron chi connectivity index (χ0n) is 18.4. The molecule has 0 spiro atoms. The Labute approximate surface area is 183 Å². The van der Waals surface area contributed by atoms with Crippen molar-refractivity contribution in [2.24, 2.45) is 0 Å². The molecule has 6 heteroatoms. The van der Waals surface area contributed by atoms with E-state index < -0.39 is 17.7 Å². The van der Waals surface area contributed by atoms with E-state index in [0.29, 0.717) is 24.5 Å². The Bertz CT molecular complexity index is 953. The number of nitrogens with one attached hydrogen (secondary N) is 1. The Morgan fingerprint density at radius 1 is 1.10 bits per heavy atom. The van der Waals surface area contributed by atoms with Crippen LogP contribution in [0, 0.1) is 0 Å². The van der Waals surface area contributed by atoms with Crippen LogP contribution in [-0.4, -0.2) is 55.5 Å². The summed E-state index contributed by atoms with van der Waals surface area (Å²) in [6, 6.07) is 15.7. The molecule has 0 radical (unpaired) electrons. The molecule has 3 rings (SSSR count). The number of likely N-dealkylation sites (tertiary alicyclic amines) is 1. The fraction of sp³-hybridized carbons (Fsp3) is 0.360. The highest BCUT2D eigenvalue weighted by Gasteiger charge is 2.45. The lowest BCUT2D eigenvalue weighted by molar-refractivity contribution is -0.858. The van der Waals surface area contributed by atoms with Gasteiger partial charge < -0.3 is 19.6 Å². The number of benzene rings is 2. The van der Waals surface area contributed by atoms with Crippen LogP contribution in [0.4, 0.5) is 0 Å². The lowest BCUT2D eigenvalue weighted by Gasteiger charge is -2.26. The summed E-state index contributed by atoms with van der Waals surface area (Å²) in [6.45, 7) is 3.92. The highest BCUT2D eigenvalue weighted by atomic mass is 16.5. The van der Waals surface area contributed by atoms with Gasteiger partial charge in [-0.1, -0.05) is 49.4 Å². The van der Waals surface area contributed by atoms with Gasteiger partial charge in [0.15, 0.2) is 0 Å². The van der Waals surface area contributed by atoms with Crippen molar-refractivity contribution in [1.29, 1.82) is 0 Å². The third-order valence-electron chi connectivity index (χ3n) is 5.31. The average molecular weight is 424 g/mol. The zero-order chi connectivity index (χ0) is 22.4. The highest BCUT2D eigenvalue weighted by molar-refractivity contribution is 6.46. The second kappa shape index (κ2) is 10.3. The van der Waals surface area contributed by atoms with Crippen molar-refractivity contribution in [2.75, 3.05) is 33.8 Å². The summed E-state index contributed by atoms with van der Waals surface area (Å²) in [4.78, 5) is 28.8. The lowest BCUT2D eigenvalue weighted by atomic mass is 9.95. The van der Waals surface area contributed by atoms with Crippen molar-refractivity contribution >= 4 is 17.4 Å². The average Bonchev–Trinajstić information content (AvgIpc) is 3.03. The van der Waals surface area contributed by atoms with Crippen LogP contribution in [0.1, 0.15) is 36.9 Å². The molecule has 2 aromatic rings. The molecule has 2 N–H and O–H groups in total. The van der Waals surface area contributed by atoms with Crippen LogP contribution in [-0.2, 0) is 9.59 Å². The van der Waals surface area contributed by atoms with Gasteiger partial charge in [0.2, 0.25) is 0 Å². The number of carbonyl (C=O) groups is 2. The number of aliphatic hydroxyl groups is 1. The van der Waals surface area contributed by atoms with Crippen molar-refractivity contribution in [3.8, 4) is 5.75 Å². The minimum Gasteiger partial charge on any atom is -0.507 e. The second-order valence-electron chi connectivity index (χ2n) is 8.09. The largest absolute Gasteiger partial charge is 0.507 e. The summed E-state index contributed by atoms with van der Waals surface area (Å²) in [5.74, 6) is -0.688. The maximum Gasteiger partial charge on any atom is 0.295 e. The molecule has 1 aliphatic heterocycles. The van der Waals surface area contributed by atoms with Gasteiger partial charge in [-0.25, -0.2) is 0 Å². The molecule has 1 amide bonds. The molecule has 1 atom stereocenters. The van der Waals surface area contributed by atoms with Gasteiger partial charge in [-0.2, -0.15) is 0 Å². The van der Waals surface area contributed by atoms with Crippen LogP contribution in [0.25, 0.3) is 5.76 Å². The van der Waals surface area contributed by atoms with E-state index in [9.17, 15) is 14.7 Å². The van der Waals surface area contributed by atoms with Gasteiger partial charge in [0.1, 0.15) is 11.5 Å². The van der Waals surface area contributed by atoms with E-state index in [1.54, 1.807) is 29.2 Å². The Morgan fingerprint density at radius 2 is 1.84 bits per heavy atom. The number of aliphatic hydroxyl groups excluding tert-OH is 1. The molecule has 0 unspecified atom stereocenters. The van der Waals surface area contributed by atoms with Crippen LogP contribution in [0.5, 0.6) is 5.75 Å². The number of carbonyl (C=O) groups excluding carboxylic acids is 2. The third-order valence-corrected chi connectivity index (χ3v) is 5.31.